The van der Waals surface area contributed by atoms with Gasteiger partial charge in [-0.2, -0.15) is 0 Å². The summed E-state index contributed by atoms with van der Waals surface area (Å²) in [6, 6.07) is 1.52. The van der Waals surface area contributed by atoms with Crippen molar-refractivity contribution in [1.82, 2.24) is 0 Å². The van der Waals surface area contributed by atoms with Crippen LogP contribution in [0, 0.1) is 0 Å². The van der Waals surface area contributed by atoms with Crippen LogP contribution in [0.4, 0.5) is 0 Å². The van der Waals surface area contributed by atoms with Crippen LogP contribution in [0.15, 0.2) is 0 Å². The van der Waals surface area contributed by atoms with E-state index in [-0.39, 0.29) is 5.43 Å². The molecule has 0 heterocycles. The van der Waals surface area contributed by atoms with Gasteiger partial charge in [-0.1, -0.05) is 0 Å². The Kier molecular flexibility index (Phi) is 5.05. The van der Waals surface area contributed by atoms with Crippen LogP contribution in [0.3, 0.4) is 0 Å². The van der Waals surface area contributed by atoms with Crippen LogP contribution in [0.5, 0.6) is 0 Å². The molecular weight excluding hydrogens is 167 g/mol. The molecule has 0 nitrogen and oxygen atoms in total. The van der Waals surface area contributed by atoms with E-state index >= 15 is 0 Å². The van der Waals surface area contributed by atoms with Crippen LogP contribution in [0.1, 0.15) is 13.3 Å². The minimum absolute atomic E-state index is 0.204. The van der Waals surface area contributed by atoms with Crippen molar-refractivity contribution in [2.75, 3.05) is 0 Å². The molecule has 0 saturated carbocycles. The second-order valence-electron chi connectivity index (χ2n) is 1.53. The van der Waals surface area contributed by atoms with Gasteiger partial charge >= 0.3 is 54.7 Å². The maximum atomic E-state index is 2.40. The first kappa shape index (κ1) is 7.10. The van der Waals surface area contributed by atoms with Crippen molar-refractivity contribution in [3.63, 3.8) is 0 Å². The van der Waals surface area contributed by atoms with Crippen molar-refractivity contribution in [2.45, 2.75) is 25.9 Å². The van der Waals surface area contributed by atoms with Crippen molar-refractivity contribution in [1.29, 1.82) is 0 Å². The molecule has 0 radical (unpaired) electrons. The van der Waals surface area contributed by atoms with Crippen molar-refractivity contribution in [2.24, 2.45) is 0 Å². The summed E-state index contributed by atoms with van der Waals surface area (Å²) in [4.78, 5) is 0. The summed E-state index contributed by atoms with van der Waals surface area (Å²) < 4.78 is 0. The standard InChI is InChI=1S/C4H10Si.Zr/c1-3-4-5-2;/h3-4H2,1-2H3;/q;+2. The first-order chi connectivity index (χ1) is 2.77. The van der Waals surface area contributed by atoms with Crippen LogP contribution in [0.2, 0.25) is 12.6 Å². The zero-order valence-corrected chi connectivity index (χ0v) is 7.87. The Morgan fingerprint density at radius 3 is 2.17 bits per heavy atom. The fourth-order valence-electron chi connectivity index (χ4n) is 0.375. The van der Waals surface area contributed by atoms with E-state index in [1.165, 1.54) is 12.5 Å². The Balaban J connectivity index is 2.83. The molecule has 0 bridgehead atoms. The third-order valence-corrected chi connectivity index (χ3v) is 3.72. The summed E-state index contributed by atoms with van der Waals surface area (Å²) in [5.41, 5.74) is 0.204. The SMILES string of the molecule is CCC[Si](C)=[Zr+2]. The number of hydrogen-bond donors (Lipinski definition) is 0. The fourth-order valence-corrected chi connectivity index (χ4v) is 2.97. The topological polar surface area (TPSA) is 0 Å². The van der Waals surface area contributed by atoms with Gasteiger partial charge in [0.1, 0.15) is 0 Å². The Morgan fingerprint density at radius 2 is 2.17 bits per heavy atom. The van der Waals surface area contributed by atoms with Crippen molar-refractivity contribution in [3.05, 3.63) is 0 Å². The molecule has 0 amide bonds. The van der Waals surface area contributed by atoms with Crippen LogP contribution < -0.4 is 0 Å². The predicted molar refractivity (Wildman–Crippen MR) is 26.7 cm³/mol. The predicted octanol–water partition coefficient (Wildman–Crippen LogP) is 1.56. The van der Waals surface area contributed by atoms with E-state index < -0.39 is 0 Å². The summed E-state index contributed by atoms with van der Waals surface area (Å²) in [6.07, 6.45) is 1.40. The first-order valence-corrected chi connectivity index (χ1v) is 8.20. The molecule has 0 aliphatic carbocycles. The summed E-state index contributed by atoms with van der Waals surface area (Å²) in [5.74, 6) is 0. The molecule has 0 aliphatic heterocycles. The van der Waals surface area contributed by atoms with Crippen LogP contribution in [-0.4, -0.2) is 5.43 Å². The van der Waals surface area contributed by atoms with E-state index in [0.29, 0.717) is 0 Å². The van der Waals surface area contributed by atoms with Gasteiger partial charge in [0.05, 0.1) is 0 Å². The van der Waals surface area contributed by atoms with E-state index in [1.54, 1.807) is 23.3 Å². The Bertz CT molecular complexity index is 51.5. The second-order valence-corrected chi connectivity index (χ2v) is 9.89. The first-order valence-electron chi connectivity index (χ1n) is 2.31. The monoisotopic (exact) mass is 176 g/mol. The molecule has 32 valence electrons. The average molecular weight is 177 g/mol. The minimum atomic E-state index is 0.204. The zero-order chi connectivity index (χ0) is 4.99. The zero-order valence-electron chi connectivity index (χ0n) is 4.41. The van der Waals surface area contributed by atoms with Crippen LogP contribution in [0.25, 0.3) is 0 Å². The summed E-state index contributed by atoms with van der Waals surface area (Å²) in [6.45, 7) is 4.66. The normalized spacial score (nSPS) is 8.67. The van der Waals surface area contributed by atoms with Gasteiger partial charge in [-0.3, -0.25) is 0 Å². The van der Waals surface area contributed by atoms with Crippen molar-refractivity contribution in [3.8, 4) is 0 Å². The third-order valence-electron chi connectivity index (χ3n) is 0.625. The molecule has 0 atom stereocenters. The second kappa shape index (κ2) is 4.26. The van der Waals surface area contributed by atoms with Gasteiger partial charge in [-0.25, -0.2) is 0 Å². The van der Waals surface area contributed by atoms with Gasteiger partial charge in [0.15, 0.2) is 0 Å². The van der Waals surface area contributed by atoms with Crippen LogP contribution >= 0.6 is 0 Å². The van der Waals surface area contributed by atoms with E-state index in [4.69, 9.17) is 0 Å². The van der Waals surface area contributed by atoms with Crippen LogP contribution in [-0.2, 0) is 23.3 Å². The summed E-state index contributed by atoms with van der Waals surface area (Å²) in [5, 5.41) is 0. The van der Waals surface area contributed by atoms with E-state index in [9.17, 15) is 0 Å². The molecule has 0 rings (SSSR count). The quantitative estimate of drug-likeness (QED) is 0.562. The molecule has 0 saturated heterocycles. The van der Waals surface area contributed by atoms with Gasteiger partial charge < -0.3 is 0 Å². The molecular formula is C4H10SiZr+2. The molecule has 0 aliphatic rings. The molecule has 6 heavy (non-hydrogen) atoms. The van der Waals surface area contributed by atoms with E-state index in [1.807, 2.05) is 0 Å². The molecule has 0 N–H and O–H groups in total. The van der Waals surface area contributed by atoms with Gasteiger partial charge in [0.2, 0.25) is 0 Å². The average Bonchev–Trinajstić information content (AvgIpc) is 1.35. The summed E-state index contributed by atoms with van der Waals surface area (Å²) >= 11 is 1.79. The molecule has 0 aromatic heterocycles. The molecule has 0 aromatic carbocycles. The van der Waals surface area contributed by atoms with Gasteiger partial charge in [0.25, 0.3) is 0 Å². The Labute approximate surface area is 54.7 Å². The van der Waals surface area contributed by atoms with Gasteiger partial charge in [0, 0.05) is 0 Å². The molecule has 2 heteroatoms. The third kappa shape index (κ3) is 5.10. The fraction of sp³-hybridized carbons (Fsp3) is 1.00. The molecule has 0 fully saturated rings. The van der Waals surface area contributed by atoms with Gasteiger partial charge in [-0.15, -0.1) is 0 Å². The number of rotatable bonds is 2. The summed E-state index contributed by atoms with van der Waals surface area (Å²) in [7, 11) is 0. The van der Waals surface area contributed by atoms with E-state index in [2.05, 4.69) is 13.5 Å². The molecule has 0 unspecified atom stereocenters. The van der Waals surface area contributed by atoms with Crippen molar-refractivity contribution >= 4 is 5.43 Å². The Hall–Kier alpha value is 1.10. The Morgan fingerprint density at radius 1 is 1.67 bits per heavy atom. The van der Waals surface area contributed by atoms with Crippen molar-refractivity contribution < 1.29 is 23.3 Å². The maximum absolute atomic E-state index is 2.40. The molecule has 0 spiro atoms. The number of hydrogen-bond acceptors (Lipinski definition) is 0. The molecule has 0 aromatic rings. The van der Waals surface area contributed by atoms with Gasteiger partial charge in [-0.05, 0) is 0 Å². The van der Waals surface area contributed by atoms with E-state index in [0.717, 1.165) is 0 Å².